The Hall–Kier alpha value is -1.97. The molecule has 0 atom stereocenters. The fourth-order valence-corrected chi connectivity index (χ4v) is 2.53. The minimum atomic E-state index is -0.0458. The van der Waals surface area contributed by atoms with Crippen LogP contribution in [-0.4, -0.2) is 11.8 Å². The maximum absolute atomic E-state index is 6.00. The molecule has 2 rings (SSSR count). The minimum Gasteiger partial charge on any atom is -0.493 e. The van der Waals surface area contributed by atoms with Crippen molar-refractivity contribution in [2.45, 2.75) is 59.3 Å². The summed E-state index contributed by atoms with van der Waals surface area (Å²) in [6, 6.07) is 6.13. The van der Waals surface area contributed by atoms with Crippen molar-refractivity contribution >= 4 is 5.88 Å². The van der Waals surface area contributed by atoms with Gasteiger partial charge in [0.2, 0.25) is 5.88 Å². The summed E-state index contributed by atoms with van der Waals surface area (Å²) in [5.41, 5.74) is 9.75. The van der Waals surface area contributed by atoms with Crippen LogP contribution in [0.15, 0.2) is 22.7 Å². The van der Waals surface area contributed by atoms with E-state index < -0.39 is 0 Å². The predicted molar refractivity (Wildman–Crippen MR) is 94.9 cm³/mol. The van der Waals surface area contributed by atoms with Crippen LogP contribution in [0.4, 0.5) is 5.88 Å². The lowest BCUT2D eigenvalue weighted by Gasteiger charge is -2.28. The molecule has 0 bridgehead atoms. The molecule has 0 aliphatic heterocycles. The van der Waals surface area contributed by atoms with Gasteiger partial charge in [-0.15, -0.1) is 0 Å². The van der Waals surface area contributed by atoms with Crippen molar-refractivity contribution in [2.75, 3.05) is 12.3 Å². The first-order valence-corrected chi connectivity index (χ1v) is 8.08. The Labute approximate surface area is 139 Å². The first kappa shape index (κ1) is 17.4. The van der Waals surface area contributed by atoms with Gasteiger partial charge in [0.15, 0.2) is 0 Å². The van der Waals surface area contributed by atoms with E-state index in [0.717, 1.165) is 11.3 Å². The molecule has 0 unspecified atom stereocenters. The summed E-state index contributed by atoms with van der Waals surface area (Å²) < 4.78 is 11.1. The third-order valence-corrected chi connectivity index (χ3v) is 3.86. The van der Waals surface area contributed by atoms with Crippen LogP contribution in [0.3, 0.4) is 0 Å². The van der Waals surface area contributed by atoms with E-state index >= 15 is 0 Å². The Bertz CT molecular complexity index is 688. The van der Waals surface area contributed by atoms with Gasteiger partial charge in [0.25, 0.3) is 0 Å². The van der Waals surface area contributed by atoms with Gasteiger partial charge in [-0.25, -0.2) is 0 Å². The molecule has 0 spiro atoms. The number of anilines is 1. The summed E-state index contributed by atoms with van der Waals surface area (Å²) in [5.74, 6) is 1.17. The van der Waals surface area contributed by atoms with Crippen LogP contribution in [0.1, 0.15) is 59.6 Å². The normalized spacial score (nSPS) is 12.5. The summed E-state index contributed by atoms with van der Waals surface area (Å²) >= 11 is 0. The highest BCUT2D eigenvalue weighted by Crippen LogP contribution is 2.42. The number of rotatable bonds is 3. The van der Waals surface area contributed by atoms with E-state index in [1.165, 1.54) is 11.1 Å². The fraction of sp³-hybridized carbons (Fsp3) is 0.526. The van der Waals surface area contributed by atoms with Gasteiger partial charge in [0, 0.05) is 17.2 Å². The van der Waals surface area contributed by atoms with Crippen LogP contribution in [0.5, 0.6) is 5.75 Å². The Morgan fingerprint density at radius 2 is 1.70 bits per heavy atom. The number of aromatic nitrogens is 1. The van der Waals surface area contributed by atoms with E-state index in [9.17, 15) is 0 Å². The molecule has 0 fully saturated rings. The molecule has 0 saturated carbocycles. The molecule has 126 valence electrons. The fourth-order valence-electron chi connectivity index (χ4n) is 2.53. The van der Waals surface area contributed by atoms with Crippen molar-refractivity contribution in [1.29, 1.82) is 0 Å². The third kappa shape index (κ3) is 3.69. The number of hydrogen-bond acceptors (Lipinski definition) is 4. The van der Waals surface area contributed by atoms with Crippen molar-refractivity contribution < 1.29 is 9.26 Å². The van der Waals surface area contributed by atoms with Crippen molar-refractivity contribution in [3.63, 3.8) is 0 Å². The quantitative estimate of drug-likeness (QED) is 0.873. The number of nitrogens with two attached hydrogens (primary N) is 1. The molecular weight excluding hydrogens is 288 g/mol. The van der Waals surface area contributed by atoms with E-state index in [0.29, 0.717) is 18.2 Å². The lowest BCUT2D eigenvalue weighted by atomic mass is 9.78. The van der Waals surface area contributed by atoms with E-state index in [-0.39, 0.29) is 10.8 Å². The maximum Gasteiger partial charge on any atom is 0.222 e. The van der Waals surface area contributed by atoms with Gasteiger partial charge >= 0.3 is 0 Å². The van der Waals surface area contributed by atoms with E-state index in [4.69, 9.17) is 15.0 Å². The number of hydrogen-bond donors (Lipinski definition) is 1. The zero-order valence-electron chi connectivity index (χ0n) is 15.3. The van der Waals surface area contributed by atoms with Crippen molar-refractivity contribution in [2.24, 2.45) is 0 Å². The molecule has 0 aliphatic carbocycles. The molecule has 1 aromatic carbocycles. The molecule has 23 heavy (non-hydrogen) atoms. The van der Waals surface area contributed by atoms with Crippen LogP contribution in [0, 0.1) is 0 Å². The Morgan fingerprint density at radius 3 is 2.13 bits per heavy atom. The minimum absolute atomic E-state index is 0.0226. The topological polar surface area (TPSA) is 61.3 Å². The Balaban J connectivity index is 2.80. The number of nitrogens with zero attached hydrogens (tertiary/aromatic N) is 1. The van der Waals surface area contributed by atoms with Crippen LogP contribution < -0.4 is 10.5 Å². The molecule has 2 N–H and O–H groups in total. The van der Waals surface area contributed by atoms with Gasteiger partial charge in [-0.2, -0.15) is 0 Å². The van der Waals surface area contributed by atoms with Crippen molar-refractivity contribution in [1.82, 2.24) is 5.16 Å². The lowest BCUT2D eigenvalue weighted by Crippen LogP contribution is -2.18. The molecule has 0 saturated heterocycles. The second-order valence-corrected chi connectivity index (χ2v) is 7.95. The number of benzene rings is 1. The third-order valence-electron chi connectivity index (χ3n) is 3.86. The summed E-state index contributed by atoms with van der Waals surface area (Å²) in [4.78, 5) is 0. The van der Waals surface area contributed by atoms with E-state index in [1.54, 1.807) is 6.07 Å². The molecule has 0 amide bonds. The average Bonchev–Trinajstić information content (AvgIpc) is 2.83. The van der Waals surface area contributed by atoms with Crippen LogP contribution >= 0.6 is 0 Å². The highest BCUT2D eigenvalue weighted by Gasteiger charge is 2.27. The largest absolute Gasteiger partial charge is 0.493 e. The van der Waals surface area contributed by atoms with E-state index in [2.05, 4.69) is 58.8 Å². The van der Waals surface area contributed by atoms with Gasteiger partial charge in [-0.05, 0) is 29.4 Å². The molecule has 1 aromatic heterocycles. The summed E-state index contributed by atoms with van der Waals surface area (Å²) in [7, 11) is 0. The van der Waals surface area contributed by atoms with Gasteiger partial charge in [-0.1, -0.05) is 52.8 Å². The SMILES string of the molecule is CCOc1c(-c2cc(N)on2)cc(C(C)(C)C)cc1C(C)(C)C. The van der Waals surface area contributed by atoms with Crippen LogP contribution in [0.2, 0.25) is 0 Å². The van der Waals surface area contributed by atoms with E-state index in [1.807, 2.05) is 6.92 Å². The van der Waals surface area contributed by atoms with Crippen LogP contribution in [0.25, 0.3) is 11.3 Å². The monoisotopic (exact) mass is 316 g/mol. The molecule has 0 radical (unpaired) electrons. The summed E-state index contributed by atoms with van der Waals surface area (Å²) in [5, 5.41) is 4.10. The highest BCUT2D eigenvalue weighted by atomic mass is 16.5. The number of ether oxygens (including phenoxy) is 1. The first-order chi connectivity index (χ1) is 10.5. The molecule has 4 nitrogen and oxygen atoms in total. The van der Waals surface area contributed by atoms with Crippen molar-refractivity contribution in [3.8, 4) is 17.0 Å². The molecule has 2 aromatic rings. The van der Waals surface area contributed by atoms with Gasteiger partial charge in [-0.3, -0.25) is 0 Å². The Morgan fingerprint density at radius 1 is 1.04 bits per heavy atom. The average molecular weight is 316 g/mol. The molecular formula is C19H28N2O2. The zero-order valence-corrected chi connectivity index (χ0v) is 15.3. The summed E-state index contributed by atoms with van der Waals surface area (Å²) in [6.07, 6.45) is 0. The van der Waals surface area contributed by atoms with Gasteiger partial charge in [0.1, 0.15) is 11.4 Å². The first-order valence-electron chi connectivity index (χ1n) is 8.08. The second-order valence-electron chi connectivity index (χ2n) is 7.95. The van der Waals surface area contributed by atoms with Gasteiger partial charge in [0.05, 0.1) is 6.61 Å². The maximum atomic E-state index is 6.00. The zero-order chi connectivity index (χ0) is 17.4. The molecule has 1 heterocycles. The number of nitrogen functional groups attached to an aromatic ring is 1. The smallest absolute Gasteiger partial charge is 0.222 e. The van der Waals surface area contributed by atoms with Crippen molar-refractivity contribution in [3.05, 3.63) is 29.3 Å². The van der Waals surface area contributed by atoms with Crippen LogP contribution in [-0.2, 0) is 10.8 Å². The molecule has 4 heteroatoms. The standard InChI is InChI=1S/C19H28N2O2/c1-8-22-17-13(15-11-16(20)23-21-15)9-12(18(2,3)4)10-14(17)19(5,6)7/h9-11H,8,20H2,1-7H3. The predicted octanol–water partition coefficient (Wildman–Crippen LogP) is 4.92. The summed E-state index contributed by atoms with van der Waals surface area (Å²) in [6.45, 7) is 15.8. The lowest BCUT2D eigenvalue weighted by molar-refractivity contribution is 0.330. The second kappa shape index (κ2) is 5.91. The molecule has 0 aliphatic rings. The highest BCUT2D eigenvalue weighted by molar-refractivity contribution is 5.72. The Kier molecular flexibility index (Phi) is 4.47. The van der Waals surface area contributed by atoms with Gasteiger partial charge < -0.3 is 15.0 Å².